The molecule has 0 aliphatic rings. The molecule has 3 aromatic heterocycles. The summed E-state index contributed by atoms with van der Waals surface area (Å²) in [6.07, 6.45) is 3.13. The van der Waals surface area contributed by atoms with Gasteiger partial charge >= 0.3 is 0 Å². The minimum atomic E-state index is -0.331. The van der Waals surface area contributed by atoms with E-state index in [2.05, 4.69) is 15.5 Å². The Hall–Kier alpha value is -3.67. The van der Waals surface area contributed by atoms with E-state index in [-0.39, 0.29) is 5.91 Å². The maximum Gasteiger partial charge on any atom is 0.272 e. The summed E-state index contributed by atoms with van der Waals surface area (Å²) in [7, 11) is 0. The molecule has 6 heteroatoms. The van der Waals surface area contributed by atoms with Gasteiger partial charge in [0.1, 0.15) is 17.2 Å². The van der Waals surface area contributed by atoms with Crippen molar-refractivity contribution in [2.45, 2.75) is 6.92 Å². The van der Waals surface area contributed by atoms with Crippen molar-refractivity contribution in [2.75, 3.05) is 0 Å². The van der Waals surface area contributed by atoms with Crippen molar-refractivity contribution >= 4 is 22.5 Å². The molecule has 0 saturated heterocycles. The molecule has 0 spiro atoms. The summed E-state index contributed by atoms with van der Waals surface area (Å²) in [4.78, 5) is 17.3. The summed E-state index contributed by atoms with van der Waals surface area (Å²) in [5.74, 6) is 0.864. The Morgan fingerprint density at radius 2 is 1.85 bits per heavy atom. The zero-order chi connectivity index (χ0) is 17.9. The van der Waals surface area contributed by atoms with Crippen molar-refractivity contribution < 1.29 is 13.6 Å². The Bertz CT molecular complexity index is 1080. The minimum Gasteiger partial charge on any atom is -0.463 e. The van der Waals surface area contributed by atoms with Crippen LogP contribution in [0.1, 0.15) is 23.0 Å². The number of fused-ring (bicyclic) bond motifs is 1. The second kappa shape index (κ2) is 6.68. The number of aromatic nitrogens is 1. The van der Waals surface area contributed by atoms with Crippen molar-refractivity contribution in [2.24, 2.45) is 5.10 Å². The second-order valence-electron chi connectivity index (χ2n) is 5.66. The predicted octanol–water partition coefficient (Wildman–Crippen LogP) is 4.24. The van der Waals surface area contributed by atoms with E-state index >= 15 is 0 Å². The van der Waals surface area contributed by atoms with Crippen molar-refractivity contribution in [3.63, 3.8) is 0 Å². The van der Waals surface area contributed by atoms with Gasteiger partial charge in [-0.3, -0.25) is 4.79 Å². The minimum absolute atomic E-state index is 0.331. The lowest BCUT2D eigenvalue weighted by molar-refractivity contribution is 0.0956. The van der Waals surface area contributed by atoms with Crippen LogP contribution in [0.3, 0.4) is 0 Å². The topological polar surface area (TPSA) is 80.6 Å². The molecule has 26 heavy (non-hydrogen) atoms. The average Bonchev–Trinajstić information content (AvgIpc) is 3.38. The van der Waals surface area contributed by atoms with Gasteiger partial charge in [-0.15, -0.1) is 0 Å². The van der Waals surface area contributed by atoms with Gasteiger partial charge in [-0.25, -0.2) is 10.4 Å². The summed E-state index contributed by atoms with van der Waals surface area (Å²) in [6.45, 7) is 1.76. The number of carbonyl (C=O) groups is 1. The Kier molecular flexibility index (Phi) is 4.07. The number of hydrazone groups is 1. The first kappa shape index (κ1) is 15.8. The molecule has 0 unspecified atom stereocenters. The summed E-state index contributed by atoms with van der Waals surface area (Å²) in [6, 6.07) is 16.3. The average molecular weight is 345 g/mol. The Morgan fingerprint density at radius 3 is 2.62 bits per heavy atom. The normalized spacial score (nSPS) is 11.7. The van der Waals surface area contributed by atoms with Crippen LogP contribution in [0.4, 0.5) is 0 Å². The molecule has 1 aromatic carbocycles. The van der Waals surface area contributed by atoms with Gasteiger partial charge in [-0.2, -0.15) is 5.10 Å². The molecule has 4 aromatic rings. The van der Waals surface area contributed by atoms with E-state index in [4.69, 9.17) is 8.83 Å². The van der Waals surface area contributed by atoms with Crippen LogP contribution >= 0.6 is 0 Å². The van der Waals surface area contributed by atoms with Crippen molar-refractivity contribution in [3.8, 4) is 11.5 Å². The first-order chi connectivity index (χ1) is 12.7. The fourth-order valence-corrected chi connectivity index (χ4v) is 2.65. The summed E-state index contributed by atoms with van der Waals surface area (Å²) >= 11 is 0. The summed E-state index contributed by atoms with van der Waals surface area (Å²) in [5, 5.41) is 4.86. The first-order valence-corrected chi connectivity index (χ1v) is 8.04. The van der Waals surface area contributed by atoms with Gasteiger partial charge in [-0.05, 0) is 43.3 Å². The Balaban J connectivity index is 1.72. The number of pyridine rings is 1. The lowest BCUT2D eigenvalue weighted by Crippen LogP contribution is -2.20. The van der Waals surface area contributed by atoms with Crippen LogP contribution < -0.4 is 5.43 Å². The molecule has 1 N–H and O–H groups in total. The van der Waals surface area contributed by atoms with Crippen molar-refractivity contribution in [3.05, 3.63) is 78.4 Å². The monoisotopic (exact) mass is 345 g/mol. The Labute approximate surface area is 149 Å². The van der Waals surface area contributed by atoms with E-state index < -0.39 is 0 Å². The van der Waals surface area contributed by atoms with Gasteiger partial charge in [-0.1, -0.05) is 18.2 Å². The molecular formula is C20H15N3O3. The number of nitrogens with zero attached hydrogens (tertiary/aromatic N) is 2. The lowest BCUT2D eigenvalue weighted by atomic mass is 10.1. The van der Waals surface area contributed by atoms with Gasteiger partial charge in [0.2, 0.25) is 0 Å². The molecule has 0 aliphatic heterocycles. The number of hydrogen-bond donors (Lipinski definition) is 1. The molecule has 0 fully saturated rings. The number of para-hydroxylation sites is 1. The van der Waals surface area contributed by atoms with Crippen molar-refractivity contribution in [1.29, 1.82) is 0 Å². The third kappa shape index (κ3) is 3.00. The number of rotatable bonds is 4. The molecule has 3 heterocycles. The van der Waals surface area contributed by atoms with E-state index in [1.54, 1.807) is 49.8 Å². The van der Waals surface area contributed by atoms with E-state index in [1.807, 2.05) is 24.3 Å². The zero-order valence-corrected chi connectivity index (χ0v) is 14.0. The third-order valence-corrected chi connectivity index (χ3v) is 3.94. The largest absolute Gasteiger partial charge is 0.463 e. The van der Waals surface area contributed by atoms with Crippen LogP contribution in [0.2, 0.25) is 0 Å². The van der Waals surface area contributed by atoms with Crippen LogP contribution in [0.5, 0.6) is 0 Å². The third-order valence-electron chi connectivity index (χ3n) is 3.94. The molecule has 6 nitrogen and oxygen atoms in total. The molecule has 0 aliphatic carbocycles. The van der Waals surface area contributed by atoms with Crippen LogP contribution in [0.25, 0.3) is 22.4 Å². The molecule has 1 amide bonds. The number of hydrogen-bond acceptors (Lipinski definition) is 5. The molecule has 0 atom stereocenters. The standard InChI is InChI=1S/C20H15N3O3/c1-13(18-8-4-10-25-18)22-23-20(24)15-12-17(19-9-5-11-26-19)21-16-7-3-2-6-14(15)16/h2-12H,1H3,(H,23,24)/b22-13-. The SMILES string of the molecule is C/C(=N/NC(=O)c1cc(-c2ccco2)nc2ccccc12)c1ccco1. The second-order valence-corrected chi connectivity index (χ2v) is 5.66. The van der Waals surface area contributed by atoms with Gasteiger partial charge in [0, 0.05) is 5.39 Å². The van der Waals surface area contributed by atoms with Gasteiger partial charge in [0.15, 0.2) is 5.76 Å². The molecule has 4 rings (SSSR count). The van der Waals surface area contributed by atoms with Crippen LogP contribution in [0.15, 0.2) is 81.1 Å². The fourth-order valence-electron chi connectivity index (χ4n) is 2.65. The number of nitrogens with one attached hydrogen (secondary N) is 1. The van der Waals surface area contributed by atoms with Gasteiger partial charge < -0.3 is 8.83 Å². The molecular weight excluding hydrogens is 330 g/mol. The van der Waals surface area contributed by atoms with E-state index in [9.17, 15) is 4.79 Å². The van der Waals surface area contributed by atoms with Crippen LogP contribution in [-0.4, -0.2) is 16.6 Å². The molecule has 0 radical (unpaired) electrons. The van der Waals surface area contributed by atoms with Gasteiger partial charge in [0.25, 0.3) is 5.91 Å². The molecule has 0 bridgehead atoms. The predicted molar refractivity (Wildman–Crippen MR) is 97.8 cm³/mol. The number of benzene rings is 1. The summed E-state index contributed by atoms with van der Waals surface area (Å²) < 4.78 is 10.7. The van der Waals surface area contributed by atoms with Crippen molar-refractivity contribution in [1.82, 2.24) is 10.4 Å². The fraction of sp³-hybridized carbons (Fsp3) is 0.0500. The van der Waals surface area contributed by atoms with Gasteiger partial charge in [0.05, 0.1) is 23.6 Å². The first-order valence-electron chi connectivity index (χ1n) is 8.04. The van der Waals surface area contributed by atoms with E-state index in [0.717, 1.165) is 5.39 Å². The number of furan rings is 2. The zero-order valence-electron chi connectivity index (χ0n) is 14.0. The quantitative estimate of drug-likeness (QED) is 0.443. The maximum absolute atomic E-state index is 12.7. The highest BCUT2D eigenvalue weighted by Gasteiger charge is 2.15. The maximum atomic E-state index is 12.7. The highest BCUT2D eigenvalue weighted by molar-refractivity contribution is 6.07. The van der Waals surface area contributed by atoms with E-state index in [0.29, 0.717) is 34.0 Å². The molecule has 0 saturated carbocycles. The number of carbonyl (C=O) groups excluding carboxylic acids is 1. The highest BCUT2D eigenvalue weighted by Crippen LogP contribution is 2.25. The van der Waals surface area contributed by atoms with Crippen LogP contribution in [0, 0.1) is 0 Å². The number of amides is 1. The van der Waals surface area contributed by atoms with Crippen LogP contribution in [-0.2, 0) is 0 Å². The highest BCUT2D eigenvalue weighted by atomic mass is 16.3. The smallest absolute Gasteiger partial charge is 0.272 e. The lowest BCUT2D eigenvalue weighted by Gasteiger charge is -2.08. The molecule has 128 valence electrons. The Morgan fingerprint density at radius 1 is 1.04 bits per heavy atom. The summed E-state index contributed by atoms with van der Waals surface area (Å²) in [5.41, 5.74) is 4.92. The van der Waals surface area contributed by atoms with E-state index in [1.165, 1.54) is 0 Å².